The summed E-state index contributed by atoms with van der Waals surface area (Å²) in [5, 5.41) is 15.5. The van der Waals surface area contributed by atoms with Gasteiger partial charge in [0.15, 0.2) is 0 Å². The number of hydrogen-bond acceptors (Lipinski definition) is 2. The van der Waals surface area contributed by atoms with E-state index in [0.29, 0.717) is 0 Å². The highest BCUT2D eigenvalue weighted by atomic mass is 15.2. The van der Waals surface area contributed by atoms with E-state index in [-0.39, 0.29) is 12.2 Å². The lowest BCUT2D eigenvalue weighted by molar-refractivity contribution is 0.506. The van der Waals surface area contributed by atoms with Crippen LogP contribution in [0.2, 0.25) is 0 Å². The molecule has 1 aromatic heterocycles. The van der Waals surface area contributed by atoms with Crippen molar-refractivity contribution in [3.63, 3.8) is 0 Å². The second-order valence-electron chi connectivity index (χ2n) is 13.5. The molecule has 0 saturated carbocycles. The lowest BCUT2D eigenvalue weighted by atomic mass is 9.91. The third-order valence-corrected chi connectivity index (χ3v) is 10.2. The highest BCUT2D eigenvalue weighted by molar-refractivity contribution is 6.21. The molecular weight excluding hydrogens is 631 g/mol. The first-order valence-corrected chi connectivity index (χ1v) is 18.0. The summed E-state index contributed by atoms with van der Waals surface area (Å²) in [6, 6.07) is 64.0. The number of nitrogens with zero attached hydrogens (tertiary/aromatic N) is 1. The Bertz CT molecular complexity index is 2740. The molecule has 0 aliphatic carbocycles. The van der Waals surface area contributed by atoms with E-state index in [0.717, 1.165) is 5.69 Å². The first-order valence-electron chi connectivity index (χ1n) is 18.0. The van der Waals surface area contributed by atoms with Crippen LogP contribution in [0.4, 0.5) is 5.69 Å². The largest absolute Gasteiger partial charge is 0.366 e. The SMILES string of the molecule is C=CC.c1ccc(-n2c3ccc(C4Nc5ccccc5C(c5cccc(-c6ccc7ccccc7c6)c5)N4)cc3c3c4ccccc4ccc32)cc1. The Kier molecular flexibility index (Phi) is 8.11. The average molecular weight is 670 g/mol. The van der Waals surface area contributed by atoms with Crippen LogP contribution in [0.15, 0.2) is 189 Å². The smallest absolute Gasteiger partial charge is 0.104 e. The minimum atomic E-state index is -0.0845. The number of aromatic nitrogens is 1. The Labute approximate surface area is 304 Å². The summed E-state index contributed by atoms with van der Waals surface area (Å²) < 4.78 is 2.40. The summed E-state index contributed by atoms with van der Waals surface area (Å²) in [4.78, 5) is 0. The van der Waals surface area contributed by atoms with Crippen molar-refractivity contribution in [3.8, 4) is 16.8 Å². The van der Waals surface area contributed by atoms with Crippen LogP contribution in [-0.2, 0) is 0 Å². The molecular formula is C49H39N3. The van der Waals surface area contributed by atoms with Crippen molar-refractivity contribution in [1.29, 1.82) is 0 Å². The monoisotopic (exact) mass is 669 g/mol. The minimum absolute atomic E-state index is 0.0186. The number of benzene rings is 8. The Morgan fingerprint density at radius 1 is 0.538 bits per heavy atom. The topological polar surface area (TPSA) is 29.0 Å². The summed E-state index contributed by atoms with van der Waals surface area (Å²) >= 11 is 0. The summed E-state index contributed by atoms with van der Waals surface area (Å²) in [5.41, 5.74) is 10.9. The molecule has 3 heteroatoms. The van der Waals surface area contributed by atoms with Crippen molar-refractivity contribution in [2.75, 3.05) is 5.32 Å². The van der Waals surface area contributed by atoms with Gasteiger partial charge in [0.05, 0.1) is 17.1 Å². The maximum Gasteiger partial charge on any atom is 0.104 e. The highest BCUT2D eigenvalue weighted by Gasteiger charge is 2.28. The van der Waals surface area contributed by atoms with Gasteiger partial charge in [-0.3, -0.25) is 5.32 Å². The second kappa shape index (κ2) is 13.4. The van der Waals surface area contributed by atoms with E-state index in [2.05, 4.69) is 198 Å². The van der Waals surface area contributed by atoms with Gasteiger partial charge in [0.1, 0.15) is 6.17 Å². The molecule has 2 unspecified atom stereocenters. The highest BCUT2D eigenvalue weighted by Crippen LogP contribution is 2.41. The molecule has 1 aliphatic heterocycles. The van der Waals surface area contributed by atoms with Gasteiger partial charge in [-0.2, -0.15) is 0 Å². The van der Waals surface area contributed by atoms with Crippen molar-refractivity contribution < 1.29 is 0 Å². The molecule has 2 heterocycles. The number of para-hydroxylation sites is 2. The number of anilines is 1. The van der Waals surface area contributed by atoms with Crippen LogP contribution in [0, 0.1) is 0 Å². The Morgan fingerprint density at radius 2 is 1.23 bits per heavy atom. The second-order valence-corrected chi connectivity index (χ2v) is 13.5. The lowest BCUT2D eigenvalue weighted by Crippen LogP contribution is -2.37. The Morgan fingerprint density at radius 3 is 2.10 bits per heavy atom. The summed E-state index contributed by atoms with van der Waals surface area (Å²) in [6.45, 7) is 5.25. The first kappa shape index (κ1) is 31.6. The van der Waals surface area contributed by atoms with Crippen molar-refractivity contribution >= 4 is 49.0 Å². The molecule has 8 aromatic carbocycles. The molecule has 9 aromatic rings. The lowest BCUT2D eigenvalue weighted by Gasteiger charge is -2.35. The summed E-state index contributed by atoms with van der Waals surface area (Å²) in [6.07, 6.45) is 1.67. The van der Waals surface area contributed by atoms with Crippen molar-refractivity contribution in [1.82, 2.24) is 9.88 Å². The molecule has 1 aliphatic rings. The molecule has 52 heavy (non-hydrogen) atoms. The van der Waals surface area contributed by atoms with Crippen molar-refractivity contribution in [3.05, 3.63) is 205 Å². The van der Waals surface area contributed by atoms with Crippen LogP contribution in [0.3, 0.4) is 0 Å². The average Bonchev–Trinajstić information content (AvgIpc) is 3.55. The van der Waals surface area contributed by atoms with Crippen LogP contribution in [-0.4, -0.2) is 4.57 Å². The van der Waals surface area contributed by atoms with E-state index in [4.69, 9.17) is 0 Å². The zero-order valence-electron chi connectivity index (χ0n) is 29.1. The van der Waals surface area contributed by atoms with Gasteiger partial charge in [0.2, 0.25) is 0 Å². The van der Waals surface area contributed by atoms with E-state index in [1.54, 1.807) is 6.08 Å². The summed E-state index contributed by atoms with van der Waals surface area (Å²) in [7, 11) is 0. The first-order chi connectivity index (χ1) is 25.7. The van der Waals surface area contributed by atoms with E-state index < -0.39 is 0 Å². The van der Waals surface area contributed by atoms with E-state index in [1.807, 2.05) is 6.92 Å². The van der Waals surface area contributed by atoms with Gasteiger partial charge in [-0.15, -0.1) is 6.58 Å². The third kappa shape index (κ3) is 5.53. The molecule has 0 amide bonds. The van der Waals surface area contributed by atoms with Crippen LogP contribution in [0.25, 0.3) is 60.2 Å². The molecule has 2 N–H and O–H groups in total. The molecule has 2 atom stereocenters. The van der Waals surface area contributed by atoms with Crippen LogP contribution in [0.1, 0.15) is 35.8 Å². The Hall–Kier alpha value is -6.42. The molecule has 0 saturated heterocycles. The maximum atomic E-state index is 4.02. The molecule has 3 nitrogen and oxygen atoms in total. The molecule has 0 radical (unpaired) electrons. The molecule has 0 bridgehead atoms. The van der Waals surface area contributed by atoms with Gasteiger partial charge in [0, 0.05) is 22.1 Å². The van der Waals surface area contributed by atoms with E-state index in [9.17, 15) is 0 Å². The Balaban J connectivity index is 0.00000116. The number of nitrogens with one attached hydrogen (secondary N) is 2. The van der Waals surface area contributed by atoms with Crippen LogP contribution >= 0.6 is 0 Å². The van der Waals surface area contributed by atoms with Crippen LogP contribution in [0.5, 0.6) is 0 Å². The predicted molar refractivity (Wildman–Crippen MR) is 221 cm³/mol. The van der Waals surface area contributed by atoms with Gasteiger partial charge in [0.25, 0.3) is 0 Å². The van der Waals surface area contributed by atoms with Gasteiger partial charge in [-0.1, -0.05) is 133 Å². The molecule has 250 valence electrons. The fourth-order valence-electron chi connectivity index (χ4n) is 7.90. The number of fused-ring (bicyclic) bond motifs is 7. The zero-order valence-corrected chi connectivity index (χ0v) is 29.1. The van der Waals surface area contributed by atoms with Crippen molar-refractivity contribution in [2.45, 2.75) is 19.1 Å². The number of hydrogen-bond donors (Lipinski definition) is 2. The van der Waals surface area contributed by atoms with E-state index >= 15 is 0 Å². The summed E-state index contributed by atoms with van der Waals surface area (Å²) in [5.74, 6) is 0. The quantitative estimate of drug-likeness (QED) is 0.183. The maximum absolute atomic E-state index is 4.02. The number of allylic oxidation sites excluding steroid dienone is 1. The zero-order chi connectivity index (χ0) is 35.0. The number of rotatable bonds is 4. The predicted octanol–water partition coefficient (Wildman–Crippen LogP) is 12.8. The molecule has 0 spiro atoms. The fourth-order valence-corrected chi connectivity index (χ4v) is 7.90. The standard InChI is InChI=1S/C46H33N3.C3H6/c1-2-16-37(17-3-1)49-42-25-24-36(29-40(42)44-38-18-7-6-12-31(38)23-26-43(44)49)46-47-41-20-9-8-19-39(41)45(48-46)35-15-10-14-33(28-35)34-22-21-30-11-4-5-13-32(30)27-34;1-3-2/h1-29,45-48H;3H,1H2,2H3. The molecule has 0 fully saturated rings. The van der Waals surface area contributed by atoms with Gasteiger partial charge in [-0.25, -0.2) is 0 Å². The fraction of sp³-hybridized carbons (Fsp3) is 0.0612. The minimum Gasteiger partial charge on any atom is -0.366 e. The third-order valence-electron chi connectivity index (χ3n) is 10.2. The molecule has 10 rings (SSSR count). The normalized spacial score (nSPS) is 15.2. The van der Waals surface area contributed by atoms with Gasteiger partial charge in [-0.05, 0) is 105 Å². The van der Waals surface area contributed by atoms with Crippen LogP contribution < -0.4 is 10.6 Å². The van der Waals surface area contributed by atoms with Gasteiger partial charge >= 0.3 is 0 Å². The van der Waals surface area contributed by atoms with Gasteiger partial charge < -0.3 is 9.88 Å². The van der Waals surface area contributed by atoms with E-state index in [1.165, 1.54) is 76.9 Å². The van der Waals surface area contributed by atoms with Crippen molar-refractivity contribution in [2.24, 2.45) is 0 Å².